The summed E-state index contributed by atoms with van der Waals surface area (Å²) < 4.78 is 38.9. The number of aromatic nitrogens is 1. The molecule has 1 aromatic heterocycles. The van der Waals surface area contributed by atoms with Crippen molar-refractivity contribution in [1.29, 1.82) is 0 Å². The third-order valence-corrected chi connectivity index (χ3v) is 10.8. The summed E-state index contributed by atoms with van der Waals surface area (Å²) in [5.74, 6) is -3.23. The molecular formula is C34H50N4O9S. The molecule has 1 unspecified atom stereocenters. The molecule has 0 spiro atoms. The number of carbonyl (C=O) groups is 4. The number of aliphatic hydroxyl groups excluding tert-OH is 1. The number of cyclic esters (lactones) is 1. The van der Waals surface area contributed by atoms with Gasteiger partial charge in [0.2, 0.25) is 11.8 Å². The van der Waals surface area contributed by atoms with E-state index in [0.29, 0.717) is 18.7 Å². The van der Waals surface area contributed by atoms with E-state index < -0.39 is 51.1 Å². The monoisotopic (exact) mass is 690 g/mol. The van der Waals surface area contributed by atoms with Crippen molar-refractivity contribution >= 4 is 33.4 Å². The summed E-state index contributed by atoms with van der Waals surface area (Å²) in [5.41, 5.74) is 0.505. The van der Waals surface area contributed by atoms with Gasteiger partial charge < -0.3 is 29.4 Å². The van der Waals surface area contributed by atoms with Crippen LogP contribution in [-0.4, -0.2) is 114 Å². The number of hydrogen-bond donors (Lipinski definition) is 2. The summed E-state index contributed by atoms with van der Waals surface area (Å²) in [4.78, 5) is 60.3. The van der Waals surface area contributed by atoms with Gasteiger partial charge in [-0.15, -0.1) is 0 Å². The highest BCUT2D eigenvalue weighted by molar-refractivity contribution is 7.92. The van der Waals surface area contributed by atoms with Crippen LogP contribution < -0.4 is 5.32 Å². The van der Waals surface area contributed by atoms with Crippen LogP contribution in [0, 0.1) is 11.8 Å². The molecule has 2 aliphatic heterocycles. The van der Waals surface area contributed by atoms with Crippen molar-refractivity contribution < 1.29 is 41.9 Å². The highest BCUT2D eigenvalue weighted by atomic mass is 32.2. The Bertz CT molecular complexity index is 1490. The lowest BCUT2D eigenvalue weighted by Crippen LogP contribution is -2.50. The second-order valence-electron chi connectivity index (χ2n) is 12.7. The molecule has 1 aromatic rings. The zero-order valence-corrected chi connectivity index (χ0v) is 29.6. The Morgan fingerprint density at radius 1 is 1.15 bits per heavy atom. The lowest BCUT2D eigenvalue weighted by molar-refractivity contribution is -0.157. The molecule has 2 aliphatic rings. The van der Waals surface area contributed by atoms with E-state index >= 15 is 0 Å². The molecule has 0 radical (unpaired) electrons. The number of sulfone groups is 1. The first kappa shape index (κ1) is 38.8. The number of rotatable bonds is 7. The van der Waals surface area contributed by atoms with Gasteiger partial charge in [0.25, 0.3) is 5.91 Å². The van der Waals surface area contributed by atoms with E-state index in [9.17, 15) is 32.7 Å². The van der Waals surface area contributed by atoms with E-state index in [1.165, 1.54) is 12.2 Å². The Labute approximate surface area is 283 Å². The number of carbonyl (C=O) groups excluding carboxylic acids is 4. The standard InChI is InChI=1S/C34H50N4O9S/c1-7-37(8-2)16-17-48(44,45)28-13-15-38-31(28)34(43)47-32(22(3)4)24(6)11-12-29(41)35-14-9-10-23(5)18-25(39)19-26(40)20-30-36-27(21-46-30)33(38)42/h9-12,18,21-22,24-25,28,31-32,39H,7-8,13-17,19-20H2,1-6H3,(H,35,41)/b10-9+,12-11+,23-18+/t24-,25?,28+,31-,32-/m1/s1. The Kier molecular flexibility index (Phi) is 14.3. The number of nitrogens with one attached hydrogen (secondary N) is 1. The lowest BCUT2D eigenvalue weighted by Gasteiger charge is -2.31. The minimum Gasteiger partial charge on any atom is -0.460 e. The number of amides is 2. The fraction of sp³-hybridized carbons (Fsp3) is 0.618. The van der Waals surface area contributed by atoms with Crippen LogP contribution in [0.5, 0.6) is 0 Å². The Hall–Kier alpha value is -3.62. The molecule has 5 atom stereocenters. The molecular weight excluding hydrogens is 640 g/mol. The first-order valence-corrected chi connectivity index (χ1v) is 18.3. The number of aliphatic hydroxyl groups is 1. The van der Waals surface area contributed by atoms with Crippen molar-refractivity contribution in [2.24, 2.45) is 11.8 Å². The molecule has 2 amide bonds. The highest BCUT2D eigenvalue weighted by Crippen LogP contribution is 2.30. The summed E-state index contributed by atoms with van der Waals surface area (Å²) in [7, 11) is -3.87. The molecule has 1 fully saturated rings. The van der Waals surface area contributed by atoms with Crippen LogP contribution in [0.2, 0.25) is 0 Å². The first-order chi connectivity index (χ1) is 22.7. The zero-order chi connectivity index (χ0) is 35.6. The second kappa shape index (κ2) is 17.7. The minimum absolute atomic E-state index is 0.0243. The predicted octanol–water partition coefficient (Wildman–Crippen LogP) is 2.27. The molecule has 0 aliphatic carbocycles. The summed E-state index contributed by atoms with van der Waals surface area (Å²) in [6, 6.07) is -1.44. The summed E-state index contributed by atoms with van der Waals surface area (Å²) in [6.07, 6.45) is 6.68. The topological polar surface area (TPSA) is 176 Å². The Morgan fingerprint density at radius 2 is 1.85 bits per heavy atom. The van der Waals surface area contributed by atoms with Crippen molar-refractivity contribution in [3.63, 3.8) is 0 Å². The van der Waals surface area contributed by atoms with Crippen LogP contribution >= 0.6 is 0 Å². The molecule has 3 rings (SSSR count). The van der Waals surface area contributed by atoms with Crippen LogP contribution in [0.15, 0.2) is 46.6 Å². The molecule has 0 aromatic carbocycles. The molecule has 3 heterocycles. The van der Waals surface area contributed by atoms with Crippen LogP contribution in [-0.2, 0) is 35.4 Å². The van der Waals surface area contributed by atoms with Gasteiger partial charge in [-0.1, -0.05) is 64.5 Å². The fourth-order valence-corrected chi connectivity index (χ4v) is 7.92. The van der Waals surface area contributed by atoms with Crippen LogP contribution in [0.1, 0.15) is 70.8 Å². The highest BCUT2D eigenvalue weighted by Gasteiger charge is 2.50. The molecule has 2 N–H and O–H groups in total. The largest absolute Gasteiger partial charge is 0.460 e. The Balaban J connectivity index is 2.00. The summed E-state index contributed by atoms with van der Waals surface area (Å²) in [6.45, 7) is 12.9. The number of Topliss-reactive ketones (excluding diaryl/α,β-unsaturated/α-hetero) is 1. The third kappa shape index (κ3) is 10.7. The van der Waals surface area contributed by atoms with Gasteiger partial charge in [-0.05, 0) is 38.4 Å². The van der Waals surface area contributed by atoms with E-state index in [1.54, 1.807) is 32.1 Å². The zero-order valence-electron chi connectivity index (χ0n) is 28.8. The summed E-state index contributed by atoms with van der Waals surface area (Å²) >= 11 is 0. The maximum absolute atomic E-state index is 14.0. The number of oxazole rings is 1. The number of ketones is 1. The summed E-state index contributed by atoms with van der Waals surface area (Å²) in [5, 5.41) is 11.9. The van der Waals surface area contributed by atoms with Crippen LogP contribution in [0.4, 0.5) is 0 Å². The third-order valence-electron chi connectivity index (χ3n) is 8.66. The first-order valence-electron chi connectivity index (χ1n) is 16.6. The van der Waals surface area contributed by atoms with Crippen LogP contribution in [0.25, 0.3) is 0 Å². The van der Waals surface area contributed by atoms with Crippen molar-refractivity contribution in [3.05, 3.63) is 53.8 Å². The second-order valence-corrected chi connectivity index (χ2v) is 15.0. The number of fused-ring (bicyclic) bond motifs is 3. The van der Waals surface area contributed by atoms with Gasteiger partial charge in [0.15, 0.2) is 15.5 Å². The van der Waals surface area contributed by atoms with Gasteiger partial charge in [0.1, 0.15) is 24.2 Å². The van der Waals surface area contributed by atoms with E-state index in [2.05, 4.69) is 10.3 Å². The van der Waals surface area contributed by atoms with Crippen LogP contribution in [0.3, 0.4) is 0 Å². The average molecular weight is 691 g/mol. The van der Waals surface area contributed by atoms with Gasteiger partial charge in [0.05, 0.1) is 23.5 Å². The fourth-order valence-electron chi connectivity index (χ4n) is 5.99. The van der Waals surface area contributed by atoms with Gasteiger partial charge in [-0.2, -0.15) is 0 Å². The van der Waals surface area contributed by atoms with Crippen molar-refractivity contribution in [3.8, 4) is 0 Å². The number of nitrogens with zero attached hydrogens (tertiary/aromatic N) is 3. The predicted molar refractivity (Wildman–Crippen MR) is 180 cm³/mol. The van der Waals surface area contributed by atoms with Crippen molar-refractivity contribution in [2.75, 3.05) is 38.5 Å². The van der Waals surface area contributed by atoms with E-state index in [-0.39, 0.29) is 73.8 Å². The van der Waals surface area contributed by atoms with Gasteiger partial charge in [-0.25, -0.2) is 18.2 Å². The van der Waals surface area contributed by atoms with E-state index in [4.69, 9.17) is 9.15 Å². The van der Waals surface area contributed by atoms with Gasteiger partial charge in [-0.3, -0.25) is 14.4 Å². The molecule has 2 bridgehead atoms. The van der Waals surface area contributed by atoms with Crippen molar-refractivity contribution in [2.45, 2.75) is 84.3 Å². The number of allylic oxidation sites excluding steroid dienone is 2. The number of hydrogen-bond acceptors (Lipinski definition) is 11. The smallest absolute Gasteiger partial charge is 0.330 e. The molecule has 1 saturated heterocycles. The minimum atomic E-state index is -3.87. The van der Waals surface area contributed by atoms with Gasteiger partial charge in [0, 0.05) is 32.0 Å². The van der Waals surface area contributed by atoms with E-state index in [0.717, 1.165) is 11.2 Å². The molecule has 0 saturated carbocycles. The molecule has 48 heavy (non-hydrogen) atoms. The number of ether oxygens (including phenoxy) is 1. The van der Waals surface area contributed by atoms with E-state index in [1.807, 2.05) is 32.6 Å². The molecule has 13 nitrogen and oxygen atoms in total. The molecule has 14 heteroatoms. The molecule has 266 valence electrons. The van der Waals surface area contributed by atoms with Gasteiger partial charge >= 0.3 is 5.97 Å². The maximum atomic E-state index is 14.0. The Morgan fingerprint density at radius 3 is 2.52 bits per heavy atom. The van der Waals surface area contributed by atoms with Crippen molar-refractivity contribution in [1.82, 2.24) is 20.1 Å². The quantitative estimate of drug-likeness (QED) is 0.402. The normalized spacial score (nSPS) is 28.1. The lowest BCUT2D eigenvalue weighted by atomic mass is 9.94. The maximum Gasteiger partial charge on any atom is 0.330 e. The number of esters is 1. The average Bonchev–Trinajstić information content (AvgIpc) is 3.68. The SMILES string of the molecule is CCN(CC)CCS(=O)(=O)[C@H]1CCN2C(=O)c3coc(n3)CC(=O)CC(O)/C=C(C)/C=C/CNC(=O)/C=C/[C@@H](C)[C@@H](C(C)C)OC(=O)[C@@H]12.